The largest absolute Gasteiger partial charge is 0.585 e. The maximum Gasteiger partial charge on any atom is 0.254 e. The molecule has 1 saturated carbocycles. The molecule has 1 fully saturated rings. The van der Waals surface area contributed by atoms with Crippen LogP contribution in [0.4, 0.5) is 0 Å². The molecule has 0 aliphatic heterocycles. The van der Waals surface area contributed by atoms with Crippen molar-refractivity contribution in [3.05, 3.63) is 59.7 Å². The molecule has 2 nitrogen and oxygen atoms in total. The number of benzene rings is 2. The SMILES string of the molecule is C[OH+]c1ccc(C(C)(C)c2ccc(OCC3CC3)cc2)cc1. The zero-order valence-corrected chi connectivity index (χ0v) is 13.7. The van der Waals surface area contributed by atoms with Gasteiger partial charge in [0, 0.05) is 17.5 Å². The minimum Gasteiger partial charge on any atom is -0.585 e. The summed E-state index contributed by atoms with van der Waals surface area (Å²) in [7, 11) is 1.82. The van der Waals surface area contributed by atoms with E-state index in [0.717, 1.165) is 24.0 Å². The monoisotopic (exact) mass is 297 g/mol. The van der Waals surface area contributed by atoms with Crippen LogP contribution in [0.1, 0.15) is 37.8 Å². The van der Waals surface area contributed by atoms with Crippen LogP contribution in [0.3, 0.4) is 0 Å². The van der Waals surface area contributed by atoms with E-state index in [2.05, 4.69) is 67.1 Å². The molecule has 0 unspecified atom stereocenters. The second kappa shape index (κ2) is 6.04. The van der Waals surface area contributed by atoms with Gasteiger partial charge in [0.15, 0.2) is 7.11 Å². The molecule has 1 N–H and O–H groups in total. The summed E-state index contributed by atoms with van der Waals surface area (Å²) in [6.45, 7) is 5.38. The van der Waals surface area contributed by atoms with Gasteiger partial charge in [-0.3, -0.25) is 0 Å². The van der Waals surface area contributed by atoms with Crippen molar-refractivity contribution in [2.45, 2.75) is 32.1 Å². The second-order valence-electron chi connectivity index (χ2n) is 6.67. The smallest absolute Gasteiger partial charge is 0.254 e. The maximum absolute atomic E-state index is 5.82. The van der Waals surface area contributed by atoms with Crippen molar-refractivity contribution in [1.29, 1.82) is 0 Å². The lowest BCUT2D eigenvalue weighted by Gasteiger charge is -2.26. The van der Waals surface area contributed by atoms with Gasteiger partial charge >= 0.3 is 0 Å². The quantitative estimate of drug-likeness (QED) is 0.710. The number of hydrogen-bond acceptors (Lipinski definition) is 1. The van der Waals surface area contributed by atoms with Crippen LogP contribution in [-0.2, 0) is 5.41 Å². The second-order valence-corrected chi connectivity index (χ2v) is 6.67. The lowest BCUT2D eigenvalue weighted by Crippen LogP contribution is -2.18. The number of rotatable bonds is 6. The fourth-order valence-electron chi connectivity index (χ4n) is 2.66. The van der Waals surface area contributed by atoms with Crippen LogP contribution in [-0.4, -0.2) is 18.5 Å². The van der Waals surface area contributed by atoms with Gasteiger partial charge in [0.1, 0.15) is 5.75 Å². The van der Waals surface area contributed by atoms with Gasteiger partial charge in [0.25, 0.3) is 5.75 Å². The van der Waals surface area contributed by atoms with Gasteiger partial charge in [0.05, 0.1) is 6.61 Å². The highest BCUT2D eigenvalue weighted by Gasteiger charge is 2.24. The summed E-state index contributed by atoms with van der Waals surface area (Å²) in [5.41, 5.74) is 2.57. The highest BCUT2D eigenvalue weighted by molar-refractivity contribution is 5.41. The van der Waals surface area contributed by atoms with Gasteiger partial charge in [-0.15, -0.1) is 0 Å². The molecule has 116 valence electrons. The summed E-state index contributed by atoms with van der Waals surface area (Å²) in [4.78, 5) is 0. The Morgan fingerprint density at radius 2 is 1.50 bits per heavy atom. The Bertz CT molecular complexity index is 607. The molecular formula is C20H25O2+. The number of aromatic hydroxyl groups is 1. The molecule has 22 heavy (non-hydrogen) atoms. The standard InChI is InChI=1S/C20H24O2/c1-20(2,16-6-10-18(21-3)11-7-16)17-8-12-19(13-9-17)22-14-15-4-5-15/h6-13,15H,4-5,14H2,1-3H3/p+1. The van der Waals surface area contributed by atoms with E-state index < -0.39 is 0 Å². The summed E-state index contributed by atoms with van der Waals surface area (Å²) in [6.07, 6.45) is 2.65. The number of aliphatic hydroxyl groups is 1. The fraction of sp³-hybridized carbons (Fsp3) is 0.400. The first-order valence-electron chi connectivity index (χ1n) is 8.03. The van der Waals surface area contributed by atoms with Crippen molar-refractivity contribution in [2.75, 3.05) is 13.7 Å². The third-order valence-electron chi connectivity index (χ3n) is 4.61. The van der Waals surface area contributed by atoms with Crippen LogP contribution < -0.4 is 4.74 Å². The van der Waals surface area contributed by atoms with E-state index in [4.69, 9.17) is 4.74 Å². The maximum atomic E-state index is 5.82. The highest BCUT2D eigenvalue weighted by atomic mass is 16.5. The fourth-order valence-corrected chi connectivity index (χ4v) is 2.66. The molecule has 0 bridgehead atoms. The van der Waals surface area contributed by atoms with E-state index in [-0.39, 0.29) is 5.41 Å². The van der Waals surface area contributed by atoms with Crippen molar-refractivity contribution < 1.29 is 9.47 Å². The molecule has 1 aliphatic rings. The van der Waals surface area contributed by atoms with E-state index in [1.807, 2.05) is 7.11 Å². The van der Waals surface area contributed by atoms with Crippen molar-refractivity contribution >= 4 is 0 Å². The van der Waals surface area contributed by atoms with E-state index >= 15 is 0 Å². The van der Waals surface area contributed by atoms with Crippen LogP contribution in [0.25, 0.3) is 0 Å². The molecule has 0 radical (unpaired) electrons. The van der Waals surface area contributed by atoms with Gasteiger partial charge in [-0.05, 0) is 54.2 Å². The van der Waals surface area contributed by atoms with Crippen LogP contribution in [0.5, 0.6) is 11.5 Å². The van der Waals surface area contributed by atoms with E-state index in [9.17, 15) is 0 Å². The predicted octanol–water partition coefficient (Wildman–Crippen LogP) is 4.67. The molecule has 0 atom stereocenters. The third-order valence-corrected chi connectivity index (χ3v) is 4.61. The zero-order chi connectivity index (χ0) is 15.6. The molecule has 0 heterocycles. The first-order chi connectivity index (χ1) is 10.6. The molecule has 2 aromatic rings. The zero-order valence-electron chi connectivity index (χ0n) is 13.7. The van der Waals surface area contributed by atoms with Crippen LogP contribution in [0.2, 0.25) is 0 Å². The number of hydrogen-bond donors (Lipinski definition) is 0. The first-order valence-corrected chi connectivity index (χ1v) is 8.03. The third kappa shape index (κ3) is 3.27. The molecule has 1 aliphatic carbocycles. The van der Waals surface area contributed by atoms with Crippen LogP contribution in [0.15, 0.2) is 48.5 Å². The van der Waals surface area contributed by atoms with Gasteiger partial charge in [0.2, 0.25) is 0 Å². The Kier molecular flexibility index (Phi) is 4.10. The first kappa shape index (κ1) is 15.0. The van der Waals surface area contributed by atoms with E-state index in [0.29, 0.717) is 0 Å². The summed E-state index contributed by atoms with van der Waals surface area (Å²) < 4.78 is 10.0. The van der Waals surface area contributed by atoms with Gasteiger partial charge in [-0.2, -0.15) is 0 Å². The predicted molar refractivity (Wildman–Crippen MR) is 90.8 cm³/mol. The molecule has 0 amide bonds. The molecule has 3 rings (SSSR count). The average Bonchev–Trinajstić information content (AvgIpc) is 3.38. The minimum atomic E-state index is -0.0265. The van der Waals surface area contributed by atoms with Gasteiger partial charge in [-0.25, -0.2) is 0 Å². The van der Waals surface area contributed by atoms with E-state index in [1.54, 1.807) is 0 Å². The van der Waals surface area contributed by atoms with Crippen molar-refractivity contribution in [2.24, 2.45) is 5.92 Å². The number of ether oxygens (including phenoxy) is 2. The van der Waals surface area contributed by atoms with Crippen molar-refractivity contribution in [1.82, 2.24) is 0 Å². The van der Waals surface area contributed by atoms with Crippen molar-refractivity contribution in [3.63, 3.8) is 0 Å². The molecule has 2 heteroatoms. The normalized spacial score (nSPS) is 14.7. The Labute approximate surface area is 133 Å². The Balaban J connectivity index is 1.74. The van der Waals surface area contributed by atoms with Crippen molar-refractivity contribution in [3.8, 4) is 11.5 Å². The lowest BCUT2D eigenvalue weighted by atomic mass is 9.78. The highest BCUT2D eigenvalue weighted by Crippen LogP contribution is 2.34. The molecule has 2 aromatic carbocycles. The lowest BCUT2D eigenvalue weighted by molar-refractivity contribution is 0.136. The Morgan fingerprint density at radius 1 is 0.955 bits per heavy atom. The molecular weight excluding hydrogens is 272 g/mol. The molecule has 0 spiro atoms. The Morgan fingerprint density at radius 3 is 2.00 bits per heavy atom. The van der Waals surface area contributed by atoms with E-state index in [1.165, 1.54) is 24.0 Å². The summed E-state index contributed by atoms with van der Waals surface area (Å²) in [5, 5.41) is 0. The van der Waals surface area contributed by atoms with Gasteiger partial charge < -0.3 is 9.47 Å². The average molecular weight is 297 g/mol. The topological polar surface area (TPSA) is 22.0 Å². The summed E-state index contributed by atoms with van der Waals surface area (Å²) >= 11 is 0. The Hall–Kier alpha value is -1.96. The molecule has 0 aromatic heterocycles. The van der Waals surface area contributed by atoms with Gasteiger partial charge in [-0.1, -0.05) is 26.0 Å². The van der Waals surface area contributed by atoms with Crippen LogP contribution >= 0.6 is 0 Å². The minimum absolute atomic E-state index is 0.0265. The summed E-state index contributed by atoms with van der Waals surface area (Å²) in [5.74, 6) is 2.79. The molecule has 0 saturated heterocycles. The summed E-state index contributed by atoms with van der Waals surface area (Å²) in [6, 6.07) is 17.0. The van der Waals surface area contributed by atoms with Crippen LogP contribution in [0, 0.1) is 5.92 Å².